The highest BCUT2D eigenvalue weighted by atomic mass is 35.5. The molecule has 0 aromatic heterocycles. The fourth-order valence-corrected chi connectivity index (χ4v) is 2.21. The first-order valence-electron chi connectivity index (χ1n) is 5.00. The van der Waals surface area contributed by atoms with Gasteiger partial charge in [0.25, 0.3) is 0 Å². The normalized spacial score (nSPS) is 18.1. The molecule has 16 heavy (non-hydrogen) atoms. The second kappa shape index (κ2) is 3.86. The minimum Gasteiger partial charge on any atom is -0.495 e. The summed E-state index contributed by atoms with van der Waals surface area (Å²) in [6.07, 6.45) is 2.02. The number of rotatable bonds is 2. The number of hydrogen-bond donors (Lipinski definition) is 1. The summed E-state index contributed by atoms with van der Waals surface area (Å²) in [5, 5.41) is -0.212. The van der Waals surface area contributed by atoms with Crippen LogP contribution in [0.2, 0.25) is 5.02 Å². The fraction of sp³-hybridized carbons (Fsp3) is 0.455. The lowest BCUT2D eigenvalue weighted by molar-refractivity contribution is 0.235. The van der Waals surface area contributed by atoms with Gasteiger partial charge in [-0.1, -0.05) is 11.6 Å². The first-order chi connectivity index (χ1) is 7.49. The van der Waals surface area contributed by atoms with E-state index >= 15 is 0 Å². The second-order valence-electron chi connectivity index (χ2n) is 4.07. The lowest BCUT2D eigenvalue weighted by atomic mass is 9.72. The molecule has 0 heterocycles. The van der Waals surface area contributed by atoms with Crippen LogP contribution in [0.4, 0.5) is 8.78 Å². The van der Waals surface area contributed by atoms with Crippen LogP contribution < -0.4 is 10.5 Å². The molecule has 1 aromatic rings. The number of nitrogens with two attached hydrogens (primary N) is 1. The van der Waals surface area contributed by atoms with E-state index < -0.39 is 17.2 Å². The molecule has 5 heteroatoms. The zero-order valence-electron chi connectivity index (χ0n) is 8.82. The Hall–Kier alpha value is -0.870. The summed E-state index contributed by atoms with van der Waals surface area (Å²) in [5.74, 6) is -1.51. The van der Waals surface area contributed by atoms with Crippen molar-refractivity contribution in [3.63, 3.8) is 0 Å². The molecule has 0 aliphatic heterocycles. The molecular formula is C11H12ClF2NO. The maximum atomic E-state index is 13.9. The SMILES string of the molecule is COc1cc(F)c(C2(N)CCC2)c(F)c1Cl. The van der Waals surface area contributed by atoms with Crippen LogP contribution in [0.15, 0.2) is 6.07 Å². The molecule has 0 amide bonds. The average Bonchev–Trinajstić information content (AvgIpc) is 2.21. The maximum absolute atomic E-state index is 13.9. The molecule has 2 rings (SSSR count). The number of hydrogen-bond acceptors (Lipinski definition) is 2. The molecule has 1 saturated carbocycles. The van der Waals surface area contributed by atoms with Crippen LogP contribution >= 0.6 is 11.6 Å². The van der Waals surface area contributed by atoms with Gasteiger partial charge >= 0.3 is 0 Å². The van der Waals surface area contributed by atoms with Crippen molar-refractivity contribution in [2.24, 2.45) is 5.73 Å². The summed E-state index contributed by atoms with van der Waals surface area (Å²) < 4.78 is 32.4. The average molecular weight is 248 g/mol. The van der Waals surface area contributed by atoms with Crippen molar-refractivity contribution >= 4 is 11.6 Å². The summed E-state index contributed by atoms with van der Waals surface area (Å²) in [7, 11) is 1.31. The molecule has 0 atom stereocenters. The van der Waals surface area contributed by atoms with E-state index in [4.69, 9.17) is 22.1 Å². The van der Waals surface area contributed by atoms with Crippen molar-refractivity contribution in [1.82, 2.24) is 0 Å². The molecule has 1 aliphatic rings. The van der Waals surface area contributed by atoms with Crippen LogP contribution in [0.25, 0.3) is 0 Å². The standard InChI is InChI=1S/C11H12ClF2NO/c1-16-7-5-6(13)8(10(14)9(7)12)11(15)3-2-4-11/h5H,2-4,15H2,1H3. The van der Waals surface area contributed by atoms with Crippen molar-refractivity contribution < 1.29 is 13.5 Å². The quantitative estimate of drug-likeness (QED) is 0.816. The Morgan fingerprint density at radius 3 is 2.50 bits per heavy atom. The maximum Gasteiger partial charge on any atom is 0.153 e. The summed E-state index contributed by atoms with van der Waals surface area (Å²) >= 11 is 5.74. The Morgan fingerprint density at radius 1 is 1.44 bits per heavy atom. The van der Waals surface area contributed by atoms with Gasteiger partial charge in [0.05, 0.1) is 7.11 Å². The fourth-order valence-electron chi connectivity index (χ4n) is 1.99. The largest absolute Gasteiger partial charge is 0.495 e. The van der Waals surface area contributed by atoms with Crippen LogP contribution in [-0.4, -0.2) is 7.11 Å². The van der Waals surface area contributed by atoms with Gasteiger partial charge in [-0.15, -0.1) is 0 Å². The second-order valence-corrected chi connectivity index (χ2v) is 4.45. The van der Waals surface area contributed by atoms with Gasteiger partial charge in [0.1, 0.15) is 16.6 Å². The number of halogens is 3. The first-order valence-corrected chi connectivity index (χ1v) is 5.38. The van der Waals surface area contributed by atoms with Gasteiger partial charge in [-0.2, -0.15) is 0 Å². The van der Waals surface area contributed by atoms with Gasteiger partial charge in [-0.05, 0) is 19.3 Å². The highest BCUT2D eigenvalue weighted by Gasteiger charge is 2.40. The van der Waals surface area contributed by atoms with Crippen molar-refractivity contribution in [3.05, 3.63) is 28.3 Å². The molecule has 1 fully saturated rings. The molecular weight excluding hydrogens is 236 g/mol. The van der Waals surface area contributed by atoms with E-state index in [1.54, 1.807) is 0 Å². The number of methoxy groups -OCH3 is 1. The van der Waals surface area contributed by atoms with E-state index in [-0.39, 0.29) is 16.3 Å². The lowest BCUT2D eigenvalue weighted by Crippen LogP contribution is -2.44. The van der Waals surface area contributed by atoms with Gasteiger partial charge in [-0.25, -0.2) is 8.78 Å². The molecule has 0 spiro atoms. The Balaban J connectivity index is 2.58. The Morgan fingerprint density at radius 2 is 2.06 bits per heavy atom. The minimum absolute atomic E-state index is 0.0108. The lowest BCUT2D eigenvalue weighted by Gasteiger charge is -2.39. The van der Waals surface area contributed by atoms with Gasteiger partial charge in [0.15, 0.2) is 5.82 Å². The minimum atomic E-state index is -0.913. The van der Waals surface area contributed by atoms with Crippen molar-refractivity contribution in [3.8, 4) is 5.75 Å². The monoisotopic (exact) mass is 247 g/mol. The molecule has 0 radical (unpaired) electrons. The Bertz CT molecular complexity index is 432. The topological polar surface area (TPSA) is 35.2 Å². The predicted molar refractivity (Wildman–Crippen MR) is 57.6 cm³/mol. The van der Waals surface area contributed by atoms with E-state index in [1.807, 2.05) is 0 Å². The van der Waals surface area contributed by atoms with E-state index in [0.717, 1.165) is 12.5 Å². The van der Waals surface area contributed by atoms with Crippen LogP contribution in [0, 0.1) is 11.6 Å². The zero-order valence-corrected chi connectivity index (χ0v) is 9.57. The Labute approximate surface area is 97.3 Å². The molecule has 0 unspecified atom stereocenters. The van der Waals surface area contributed by atoms with Gasteiger partial charge in [-0.3, -0.25) is 0 Å². The van der Waals surface area contributed by atoms with Gasteiger partial charge in [0.2, 0.25) is 0 Å². The van der Waals surface area contributed by atoms with Crippen molar-refractivity contribution in [1.29, 1.82) is 0 Å². The van der Waals surface area contributed by atoms with Gasteiger partial charge in [0, 0.05) is 17.2 Å². The van der Waals surface area contributed by atoms with E-state index in [1.165, 1.54) is 7.11 Å². The van der Waals surface area contributed by atoms with E-state index in [9.17, 15) is 8.78 Å². The highest BCUT2D eigenvalue weighted by Crippen LogP contribution is 2.44. The molecule has 2 N–H and O–H groups in total. The van der Waals surface area contributed by atoms with Crippen molar-refractivity contribution in [2.45, 2.75) is 24.8 Å². The van der Waals surface area contributed by atoms with Crippen LogP contribution in [0.5, 0.6) is 5.75 Å². The predicted octanol–water partition coefficient (Wildman–Crippen LogP) is 2.96. The highest BCUT2D eigenvalue weighted by molar-refractivity contribution is 6.32. The molecule has 0 bridgehead atoms. The van der Waals surface area contributed by atoms with Crippen LogP contribution in [0.1, 0.15) is 24.8 Å². The molecule has 2 nitrogen and oxygen atoms in total. The number of ether oxygens (including phenoxy) is 1. The molecule has 0 saturated heterocycles. The molecule has 88 valence electrons. The summed E-state index contributed by atoms with van der Waals surface area (Å²) in [5.41, 5.74) is 4.87. The molecule has 1 aromatic carbocycles. The van der Waals surface area contributed by atoms with Crippen molar-refractivity contribution in [2.75, 3.05) is 7.11 Å². The summed E-state index contributed by atoms with van der Waals surface area (Å²) in [6.45, 7) is 0. The van der Waals surface area contributed by atoms with E-state index in [0.29, 0.717) is 12.8 Å². The smallest absolute Gasteiger partial charge is 0.153 e. The third-order valence-corrected chi connectivity index (χ3v) is 3.44. The first kappa shape index (κ1) is 11.6. The zero-order chi connectivity index (χ0) is 11.9. The number of benzene rings is 1. The van der Waals surface area contributed by atoms with Gasteiger partial charge < -0.3 is 10.5 Å². The summed E-state index contributed by atoms with van der Waals surface area (Å²) in [6, 6.07) is 1.08. The third-order valence-electron chi connectivity index (χ3n) is 3.09. The molecule has 1 aliphatic carbocycles. The summed E-state index contributed by atoms with van der Waals surface area (Å²) in [4.78, 5) is 0. The third kappa shape index (κ3) is 1.57. The van der Waals surface area contributed by atoms with Crippen LogP contribution in [-0.2, 0) is 5.54 Å². The van der Waals surface area contributed by atoms with E-state index in [2.05, 4.69) is 0 Å². The Kier molecular flexibility index (Phi) is 2.80. The van der Waals surface area contributed by atoms with Crippen LogP contribution in [0.3, 0.4) is 0 Å².